The fourth-order valence-electron chi connectivity index (χ4n) is 3.80. The fraction of sp³-hybridized carbons (Fsp3) is 0.370. The number of ether oxygens (including phenoxy) is 2. The minimum absolute atomic E-state index is 0.132. The number of rotatable bonds is 12. The summed E-state index contributed by atoms with van der Waals surface area (Å²) in [5.41, 5.74) is 1.88. The van der Waals surface area contributed by atoms with Crippen LogP contribution in [0.5, 0.6) is 11.5 Å². The van der Waals surface area contributed by atoms with E-state index in [0.29, 0.717) is 31.6 Å². The van der Waals surface area contributed by atoms with Crippen molar-refractivity contribution >= 4 is 45.6 Å². The smallest absolute Gasteiger partial charge is 0.292 e. The number of methoxy groups -OCH3 is 1. The second-order valence-electron chi connectivity index (χ2n) is 8.98. The number of hydrogen-bond donors (Lipinski definition) is 4. The van der Waals surface area contributed by atoms with Crippen LogP contribution in [0.15, 0.2) is 42.5 Å². The van der Waals surface area contributed by atoms with Gasteiger partial charge in [0.05, 0.1) is 19.4 Å². The van der Waals surface area contributed by atoms with Crippen molar-refractivity contribution in [3.8, 4) is 11.5 Å². The molecular weight excluding hydrogens is 540 g/mol. The third kappa shape index (κ3) is 10.1. The van der Waals surface area contributed by atoms with E-state index in [0.717, 1.165) is 17.7 Å². The van der Waals surface area contributed by atoms with Gasteiger partial charge in [0.15, 0.2) is 0 Å². The Balaban J connectivity index is 0.00000131. The zero-order chi connectivity index (χ0) is 29.7. The van der Waals surface area contributed by atoms with Crippen LogP contribution in [0.3, 0.4) is 0 Å². The molecule has 12 nitrogen and oxygen atoms in total. The largest absolute Gasteiger partial charge is 0.506 e. The number of phenols is 1. The summed E-state index contributed by atoms with van der Waals surface area (Å²) in [5.74, 6) is 2.95. The summed E-state index contributed by atoms with van der Waals surface area (Å²) in [7, 11) is -1.76. The Morgan fingerprint density at radius 3 is 2.55 bits per heavy atom. The van der Waals surface area contributed by atoms with E-state index in [-0.39, 0.29) is 36.2 Å². The first kappa shape index (κ1) is 32.0. The van der Waals surface area contributed by atoms with Crippen molar-refractivity contribution in [2.75, 3.05) is 31.1 Å². The molecule has 1 heterocycles. The zero-order valence-electron chi connectivity index (χ0n) is 22.8. The molecule has 218 valence electrons. The third-order valence-corrected chi connectivity index (χ3v) is 7.17. The van der Waals surface area contributed by atoms with Crippen molar-refractivity contribution < 1.29 is 38.0 Å². The number of nitrogens with one attached hydrogen (secondary N) is 3. The quantitative estimate of drug-likeness (QED) is 0.165. The minimum atomic E-state index is -3.07. The zero-order valence-corrected chi connectivity index (χ0v) is 23.6. The molecule has 3 amide bonds. The molecule has 0 aromatic heterocycles. The van der Waals surface area contributed by atoms with Crippen molar-refractivity contribution in [1.29, 1.82) is 0 Å². The van der Waals surface area contributed by atoms with Gasteiger partial charge in [0, 0.05) is 19.9 Å². The van der Waals surface area contributed by atoms with Gasteiger partial charge in [-0.1, -0.05) is 18.2 Å². The number of hydrogen-bond acceptors (Lipinski definition) is 8. The molecule has 40 heavy (non-hydrogen) atoms. The Morgan fingerprint density at radius 1 is 1.25 bits per heavy atom. The van der Waals surface area contributed by atoms with Crippen molar-refractivity contribution in [3.05, 3.63) is 53.6 Å². The highest BCUT2D eigenvalue weighted by atomic mass is 32.2. The van der Waals surface area contributed by atoms with Gasteiger partial charge in [0.25, 0.3) is 12.4 Å². The van der Waals surface area contributed by atoms with E-state index in [1.54, 1.807) is 6.07 Å². The predicted octanol–water partition coefficient (Wildman–Crippen LogP) is 0.995. The number of anilines is 1. The lowest BCUT2D eigenvalue weighted by atomic mass is 10.0. The summed E-state index contributed by atoms with van der Waals surface area (Å²) in [6.07, 6.45) is 1.58. The summed E-state index contributed by atoms with van der Waals surface area (Å²) >= 11 is 0. The molecule has 2 atom stereocenters. The molecule has 1 fully saturated rings. The average Bonchev–Trinajstić information content (AvgIpc) is 3.16. The topological polar surface area (TPSA) is 163 Å². The monoisotopic (exact) mass is 576 g/mol. The Labute approximate surface area is 234 Å². The molecule has 0 radical (unpaired) electrons. The first-order valence-corrected chi connectivity index (χ1v) is 14.1. The Bertz CT molecular complexity index is 1300. The molecule has 13 heteroatoms. The van der Waals surface area contributed by atoms with Crippen LogP contribution in [0.4, 0.5) is 5.69 Å². The molecular formula is C27H36N4O8S. The van der Waals surface area contributed by atoms with Crippen LogP contribution in [0.1, 0.15) is 30.9 Å². The first-order chi connectivity index (χ1) is 19.0. The molecule has 2 aromatic carbocycles. The van der Waals surface area contributed by atoms with Gasteiger partial charge in [-0.15, -0.1) is 0 Å². The molecule has 0 bridgehead atoms. The standard InChI is InChI=1S/C25H32N4O6S.C2H4O2/c1-17-7-6-8-20(13-17)35-12-5-4-11-26-25(33)21(27-18(2)30)14-19-9-10-22(23(31)15-19)29-16-24(32)28-36(29,3)34;1-4-2-3/h6-10,13,15,21,31H,3-5,11-12,14,16H2,1-2H3,(H,26,33)(H,27,30)(H,28,32,34);2H,1H3. The average molecular weight is 577 g/mol. The highest BCUT2D eigenvalue weighted by Crippen LogP contribution is 2.31. The lowest BCUT2D eigenvalue weighted by Gasteiger charge is -2.21. The van der Waals surface area contributed by atoms with Gasteiger partial charge in [0.2, 0.25) is 11.8 Å². The lowest BCUT2D eigenvalue weighted by molar-refractivity contribution is -0.128. The van der Waals surface area contributed by atoms with Crippen LogP contribution in [0.25, 0.3) is 0 Å². The van der Waals surface area contributed by atoms with Gasteiger partial charge in [-0.25, -0.2) is 4.21 Å². The minimum Gasteiger partial charge on any atom is -0.506 e. The highest BCUT2D eigenvalue weighted by Gasteiger charge is 2.31. The van der Waals surface area contributed by atoms with Crippen LogP contribution in [-0.4, -0.2) is 72.2 Å². The van der Waals surface area contributed by atoms with E-state index in [2.05, 4.69) is 26.0 Å². The van der Waals surface area contributed by atoms with Crippen molar-refractivity contribution in [3.63, 3.8) is 0 Å². The SMILES string of the molecule is C=S1(=O)NC(=O)CN1c1ccc(CC(NC(C)=O)C(=O)NCCCCOc2cccc(C)c2)cc1O.COC=O. The van der Waals surface area contributed by atoms with Crippen LogP contribution in [-0.2, 0) is 40.2 Å². The summed E-state index contributed by atoms with van der Waals surface area (Å²) in [6.45, 7) is 4.45. The third-order valence-electron chi connectivity index (χ3n) is 5.58. The van der Waals surface area contributed by atoms with Gasteiger partial charge < -0.3 is 25.2 Å². The molecule has 3 rings (SSSR count). The molecule has 2 unspecified atom stereocenters. The summed E-state index contributed by atoms with van der Waals surface area (Å²) in [6, 6.07) is 11.5. The number of carbonyl (C=O) groups excluding carboxylic acids is 4. The fourth-order valence-corrected chi connectivity index (χ4v) is 5.13. The summed E-state index contributed by atoms with van der Waals surface area (Å²) in [4.78, 5) is 45.0. The molecule has 4 N–H and O–H groups in total. The number of aromatic hydroxyl groups is 1. The molecule has 0 saturated carbocycles. The van der Waals surface area contributed by atoms with E-state index in [1.165, 1.54) is 30.5 Å². The summed E-state index contributed by atoms with van der Waals surface area (Å²) < 4.78 is 25.5. The molecule has 1 aliphatic heterocycles. The van der Waals surface area contributed by atoms with Crippen LogP contribution >= 0.6 is 0 Å². The number of benzene rings is 2. The number of phenolic OH excluding ortho intramolecular Hbond substituents is 1. The van der Waals surface area contributed by atoms with Crippen molar-refractivity contribution in [1.82, 2.24) is 15.4 Å². The van der Waals surface area contributed by atoms with Gasteiger partial charge in [-0.05, 0) is 61.0 Å². The first-order valence-electron chi connectivity index (χ1n) is 12.4. The second kappa shape index (κ2) is 15.4. The lowest BCUT2D eigenvalue weighted by Crippen LogP contribution is -2.47. The van der Waals surface area contributed by atoms with Gasteiger partial charge >= 0.3 is 0 Å². The number of aryl methyl sites for hydroxylation is 1. The van der Waals surface area contributed by atoms with Crippen molar-refractivity contribution in [2.45, 2.75) is 39.2 Å². The van der Waals surface area contributed by atoms with Gasteiger partial charge in [0.1, 0.15) is 34.0 Å². The maximum absolute atomic E-state index is 12.7. The number of nitrogens with zero attached hydrogens (tertiary/aromatic N) is 1. The van der Waals surface area contributed by atoms with E-state index >= 15 is 0 Å². The van der Waals surface area contributed by atoms with E-state index < -0.39 is 21.8 Å². The van der Waals surface area contributed by atoms with Crippen LogP contribution < -0.4 is 24.4 Å². The van der Waals surface area contributed by atoms with Gasteiger partial charge in [-0.2, -0.15) is 0 Å². The normalized spacial score (nSPS) is 16.6. The van der Waals surface area contributed by atoms with Gasteiger partial charge in [-0.3, -0.25) is 28.2 Å². The van der Waals surface area contributed by atoms with Crippen LogP contribution in [0, 0.1) is 6.92 Å². The number of amides is 3. The van der Waals surface area contributed by atoms with E-state index in [1.807, 2.05) is 31.2 Å². The number of carbonyl (C=O) groups is 4. The Morgan fingerprint density at radius 2 is 1.98 bits per heavy atom. The summed E-state index contributed by atoms with van der Waals surface area (Å²) in [5, 5.41) is 16.0. The predicted molar refractivity (Wildman–Crippen MR) is 152 cm³/mol. The van der Waals surface area contributed by atoms with E-state index in [4.69, 9.17) is 9.53 Å². The molecule has 2 aromatic rings. The van der Waals surface area contributed by atoms with Crippen molar-refractivity contribution in [2.24, 2.45) is 0 Å². The van der Waals surface area contributed by atoms with Crippen LogP contribution in [0.2, 0.25) is 0 Å². The molecule has 0 aliphatic carbocycles. The number of unbranched alkanes of at least 4 members (excludes halogenated alkanes) is 1. The highest BCUT2D eigenvalue weighted by molar-refractivity contribution is 8.00. The maximum Gasteiger partial charge on any atom is 0.292 e. The maximum atomic E-state index is 12.7. The van der Waals surface area contributed by atoms with E-state index in [9.17, 15) is 23.7 Å². The second-order valence-corrected chi connectivity index (χ2v) is 10.9. The molecule has 1 aliphatic rings. The Kier molecular flexibility index (Phi) is 12.3. The molecule has 1 saturated heterocycles. The Hall–Kier alpha value is -4.26. The molecule has 0 spiro atoms.